The Balaban J connectivity index is 3.81. The molecule has 1 atom stereocenters. The van der Waals surface area contributed by atoms with E-state index in [2.05, 4.69) is 50.8 Å². The molecule has 0 aromatic carbocycles. The molecule has 5 heteroatoms. The van der Waals surface area contributed by atoms with Gasteiger partial charge in [-0.1, -0.05) is 154 Å². The van der Waals surface area contributed by atoms with E-state index in [9.17, 15) is 9.59 Å². The van der Waals surface area contributed by atoms with Gasteiger partial charge in [0, 0.05) is 12.8 Å². The van der Waals surface area contributed by atoms with E-state index < -0.39 is 4.93 Å². The number of thiol groups is 1. The molecule has 0 rings (SSSR count). The van der Waals surface area contributed by atoms with Gasteiger partial charge in [-0.15, -0.1) is 12.6 Å². The third-order valence-corrected chi connectivity index (χ3v) is 9.13. The van der Waals surface area contributed by atoms with Gasteiger partial charge >= 0.3 is 11.9 Å². The maximum Gasteiger partial charge on any atom is 0.307 e. The third-order valence-electron chi connectivity index (χ3n) is 8.69. The quantitative estimate of drug-likeness (QED) is 0.0241. The highest BCUT2D eigenvalue weighted by Gasteiger charge is 2.31. The lowest BCUT2D eigenvalue weighted by molar-refractivity contribution is -0.162. The van der Waals surface area contributed by atoms with Gasteiger partial charge in [0.05, 0.1) is 0 Å². The molecule has 0 N–H and O–H groups in total. The molecule has 0 aliphatic rings. The Morgan fingerprint density at radius 1 is 0.478 bits per heavy atom. The summed E-state index contributed by atoms with van der Waals surface area (Å²) in [6, 6.07) is 0. The summed E-state index contributed by atoms with van der Waals surface area (Å²) in [4.78, 5) is 23.8. The largest absolute Gasteiger partial charge is 0.460 e. The Morgan fingerprint density at radius 3 is 1.22 bits per heavy atom. The van der Waals surface area contributed by atoms with E-state index in [1.165, 1.54) is 116 Å². The van der Waals surface area contributed by atoms with Crippen molar-refractivity contribution in [2.75, 3.05) is 6.61 Å². The summed E-state index contributed by atoms with van der Waals surface area (Å²) < 4.78 is 11.2. The summed E-state index contributed by atoms with van der Waals surface area (Å²) in [6.45, 7) is 6.57. The molecule has 0 saturated heterocycles. The molecule has 0 aromatic heterocycles. The van der Waals surface area contributed by atoms with Crippen LogP contribution in [-0.2, 0) is 19.1 Å². The molecule has 0 bridgehead atoms. The van der Waals surface area contributed by atoms with Gasteiger partial charge in [0.25, 0.3) is 0 Å². The standard InChI is InChI=1S/C41H76O4S/c1-4-7-9-11-13-15-17-19-21-23-25-27-29-31-33-35-39(42)44-38-41(46,37-6-3)45-40(43)36-34-32-30-28-26-24-22-20-18-16-14-12-10-8-5-2/h19-22,46H,4-18,23-38H2,1-3H3/b21-19-,22-20-/t41-/m1/s1. The number of rotatable bonds is 35. The molecule has 0 amide bonds. The van der Waals surface area contributed by atoms with Crippen LogP contribution in [0.5, 0.6) is 0 Å². The fourth-order valence-electron chi connectivity index (χ4n) is 5.75. The van der Waals surface area contributed by atoms with E-state index in [1.54, 1.807) is 0 Å². The highest BCUT2D eigenvalue weighted by Crippen LogP contribution is 2.25. The van der Waals surface area contributed by atoms with E-state index in [0.717, 1.165) is 57.8 Å². The molecule has 0 fully saturated rings. The lowest BCUT2D eigenvalue weighted by Gasteiger charge is -2.27. The molecular formula is C41H76O4S. The molecule has 0 saturated carbocycles. The minimum Gasteiger partial charge on any atom is -0.460 e. The van der Waals surface area contributed by atoms with E-state index in [-0.39, 0.29) is 18.5 Å². The van der Waals surface area contributed by atoms with Crippen molar-refractivity contribution in [2.45, 2.75) is 218 Å². The second-order valence-corrected chi connectivity index (χ2v) is 14.3. The second kappa shape index (κ2) is 35.1. The monoisotopic (exact) mass is 665 g/mol. The number of hydrogen-bond acceptors (Lipinski definition) is 5. The molecule has 0 unspecified atom stereocenters. The number of unbranched alkanes of at least 4 members (excludes halogenated alkanes) is 22. The van der Waals surface area contributed by atoms with Crippen molar-refractivity contribution in [3.05, 3.63) is 24.3 Å². The Morgan fingerprint density at radius 2 is 0.826 bits per heavy atom. The van der Waals surface area contributed by atoms with E-state index >= 15 is 0 Å². The predicted octanol–water partition coefficient (Wildman–Crippen LogP) is 13.6. The SMILES string of the molecule is CCCCCCCC/C=C\CCCCCCCC(=O)OC[C@](S)(CCC)OC(=O)CCCCCCC/C=C\CCCCCCCC. The minimum atomic E-state index is -1.04. The first-order valence-corrected chi connectivity index (χ1v) is 20.3. The Hall–Kier alpha value is -1.23. The number of esters is 2. The topological polar surface area (TPSA) is 52.6 Å². The zero-order chi connectivity index (χ0) is 33.8. The molecule has 4 nitrogen and oxygen atoms in total. The van der Waals surface area contributed by atoms with Crippen LogP contribution < -0.4 is 0 Å². The number of ether oxygens (including phenoxy) is 2. The lowest BCUT2D eigenvalue weighted by atomic mass is 10.1. The molecule has 0 heterocycles. The van der Waals surface area contributed by atoms with Crippen molar-refractivity contribution in [3.63, 3.8) is 0 Å². The Labute approximate surface area is 292 Å². The van der Waals surface area contributed by atoms with Crippen molar-refractivity contribution < 1.29 is 19.1 Å². The molecule has 46 heavy (non-hydrogen) atoms. The first kappa shape index (κ1) is 44.8. The van der Waals surface area contributed by atoms with Crippen molar-refractivity contribution >= 4 is 24.6 Å². The number of carbonyl (C=O) groups is 2. The van der Waals surface area contributed by atoms with Crippen LogP contribution in [0.4, 0.5) is 0 Å². The summed E-state index contributed by atoms with van der Waals surface area (Å²) >= 11 is 4.63. The van der Waals surface area contributed by atoms with Crippen LogP contribution in [0.2, 0.25) is 0 Å². The molecule has 0 radical (unpaired) electrons. The van der Waals surface area contributed by atoms with Crippen LogP contribution in [0.3, 0.4) is 0 Å². The van der Waals surface area contributed by atoms with Crippen LogP contribution in [0.1, 0.15) is 213 Å². The van der Waals surface area contributed by atoms with Crippen molar-refractivity contribution in [1.29, 1.82) is 0 Å². The average molecular weight is 665 g/mol. The third kappa shape index (κ3) is 32.7. The van der Waals surface area contributed by atoms with Crippen LogP contribution in [0.15, 0.2) is 24.3 Å². The molecule has 0 aliphatic carbocycles. The Bertz CT molecular complexity index is 734. The van der Waals surface area contributed by atoms with Gasteiger partial charge < -0.3 is 9.47 Å². The van der Waals surface area contributed by atoms with E-state index in [0.29, 0.717) is 19.3 Å². The van der Waals surface area contributed by atoms with Gasteiger partial charge in [-0.3, -0.25) is 9.59 Å². The highest BCUT2D eigenvalue weighted by molar-refractivity contribution is 7.81. The molecular weight excluding hydrogens is 589 g/mol. The summed E-state index contributed by atoms with van der Waals surface area (Å²) in [5.41, 5.74) is 0. The first-order valence-electron chi connectivity index (χ1n) is 19.9. The van der Waals surface area contributed by atoms with Crippen LogP contribution >= 0.6 is 12.6 Å². The maximum absolute atomic E-state index is 12.5. The lowest BCUT2D eigenvalue weighted by Crippen LogP contribution is -2.35. The second-order valence-electron chi connectivity index (χ2n) is 13.5. The van der Waals surface area contributed by atoms with Gasteiger partial charge in [0.15, 0.2) is 4.93 Å². The number of allylic oxidation sites excluding steroid dienone is 4. The van der Waals surface area contributed by atoms with Crippen LogP contribution in [-0.4, -0.2) is 23.5 Å². The van der Waals surface area contributed by atoms with Crippen molar-refractivity contribution in [3.8, 4) is 0 Å². The average Bonchev–Trinajstić information content (AvgIpc) is 3.04. The summed E-state index contributed by atoms with van der Waals surface area (Å²) in [5.74, 6) is -0.463. The first-order chi connectivity index (χ1) is 22.5. The van der Waals surface area contributed by atoms with Gasteiger partial charge in [-0.25, -0.2) is 0 Å². The fraction of sp³-hybridized carbons (Fsp3) is 0.854. The van der Waals surface area contributed by atoms with Gasteiger partial charge in [0.2, 0.25) is 0 Å². The predicted molar refractivity (Wildman–Crippen MR) is 203 cm³/mol. The van der Waals surface area contributed by atoms with Crippen molar-refractivity contribution in [2.24, 2.45) is 0 Å². The molecule has 0 spiro atoms. The van der Waals surface area contributed by atoms with Crippen molar-refractivity contribution in [1.82, 2.24) is 0 Å². The fourth-order valence-corrected chi connectivity index (χ4v) is 6.14. The van der Waals surface area contributed by atoms with Gasteiger partial charge in [-0.05, 0) is 70.6 Å². The summed E-state index contributed by atoms with van der Waals surface area (Å²) in [5, 5.41) is 0. The number of carbonyl (C=O) groups excluding carboxylic acids is 2. The normalized spacial score (nSPS) is 13.0. The molecule has 0 aliphatic heterocycles. The van der Waals surface area contributed by atoms with Gasteiger partial charge in [-0.2, -0.15) is 0 Å². The van der Waals surface area contributed by atoms with E-state index in [4.69, 9.17) is 9.47 Å². The smallest absolute Gasteiger partial charge is 0.307 e. The molecule has 0 aromatic rings. The highest BCUT2D eigenvalue weighted by atomic mass is 32.1. The Kier molecular flexibility index (Phi) is 34.1. The summed E-state index contributed by atoms with van der Waals surface area (Å²) in [7, 11) is 0. The van der Waals surface area contributed by atoms with Crippen LogP contribution in [0, 0.1) is 0 Å². The zero-order valence-corrected chi connectivity index (χ0v) is 31.7. The van der Waals surface area contributed by atoms with Crippen LogP contribution in [0.25, 0.3) is 0 Å². The van der Waals surface area contributed by atoms with Gasteiger partial charge in [0.1, 0.15) is 6.61 Å². The molecule has 270 valence electrons. The summed E-state index contributed by atoms with van der Waals surface area (Å²) in [6.07, 6.45) is 43.5. The minimum absolute atomic E-state index is 0.0198. The maximum atomic E-state index is 12.5. The number of hydrogen-bond donors (Lipinski definition) is 1. The zero-order valence-electron chi connectivity index (χ0n) is 30.8. The van der Waals surface area contributed by atoms with E-state index in [1.807, 2.05) is 6.92 Å².